The maximum atomic E-state index is 12.9. The highest BCUT2D eigenvalue weighted by atomic mass is 16.6. The highest BCUT2D eigenvalue weighted by Gasteiger charge is 2.55. The van der Waals surface area contributed by atoms with Crippen molar-refractivity contribution < 1.29 is 29.0 Å². The lowest BCUT2D eigenvalue weighted by atomic mass is 9.83. The van der Waals surface area contributed by atoms with Crippen LogP contribution in [0.25, 0.3) is 0 Å². The number of nitrogens with two attached hydrogens (primary N) is 1. The highest BCUT2D eigenvalue weighted by Crippen LogP contribution is 2.32. The van der Waals surface area contributed by atoms with E-state index >= 15 is 0 Å². The van der Waals surface area contributed by atoms with Gasteiger partial charge >= 0.3 is 18.1 Å². The minimum atomic E-state index is -1.21. The van der Waals surface area contributed by atoms with E-state index in [0.29, 0.717) is 38.2 Å². The summed E-state index contributed by atoms with van der Waals surface area (Å²) in [5.74, 6) is -2.16. The predicted octanol–water partition coefficient (Wildman–Crippen LogP) is 1.20. The van der Waals surface area contributed by atoms with Gasteiger partial charge in [-0.2, -0.15) is 0 Å². The first-order valence-corrected chi connectivity index (χ1v) is 11.8. The molecule has 2 aliphatic rings. The summed E-state index contributed by atoms with van der Waals surface area (Å²) in [5.41, 5.74) is 6.60. The Morgan fingerprint density at radius 3 is 2.37 bits per heavy atom. The number of likely N-dealkylation sites (tertiary alicyclic amines) is 1. The van der Waals surface area contributed by atoms with Crippen molar-refractivity contribution in [3.8, 4) is 0 Å². The number of ether oxygens (including phenoxy) is 1. The van der Waals surface area contributed by atoms with Crippen LogP contribution in [-0.4, -0.2) is 89.2 Å². The zero-order valence-corrected chi connectivity index (χ0v) is 19.7. The smallest absolute Gasteiger partial charge is 0.409 e. The average molecular weight is 488 g/mol. The second-order valence-electron chi connectivity index (χ2n) is 8.65. The van der Waals surface area contributed by atoms with Crippen LogP contribution in [0.4, 0.5) is 9.59 Å². The van der Waals surface area contributed by atoms with Gasteiger partial charge in [0.1, 0.15) is 0 Å². The fourth-order valence-corrected chi connectivity index (χ4v) is 4.30. The second kappa shape index (κ2) is 12.1. The van der Waals surface area contributed by atoms with E-state index in [1.165, 1.54) is 15.4 Å². The van der Waals surface area contributed by atoms with Crippen LogP contribution in [0.5, 0.6) is 0 Å². The van der Waals surface area contributed by atoms with Crippen LogP contribution in [0.15, 0.2) is 42.7 Å². The van der Waals surface area contributed by atoms with Gasteiger partial charge < -0.3 is 30.7 Å². The van der Waals surface area contributed by atoms with Crippen molar-refractivity contribution in [1.82, 2.24) is 20.0 Å². The summed E-state index contributed by atoms with van der Waals surface area (Å²) in [4.78, 5) is 53.3. The number of aryl methyl sites for hydroxylation is 1. The van der Waals surface area contributed by atoms with Crippen LogP contribution in [0, 0.1) is 5.92 Å². The number of piperazine rings is 1. The molecule has 11 nitrogen and oxygen atoms in total. The van der Waals surface area contributed by atoms with Gasteiger partial charge in [0.2, 0.25) is 5.91 Å². The zero-order valence-electron chi connectivity index (χ0n) is 19.7. The minimum absolute atomic E-state index is 0.196. The lowest BCUT2D eigenvalue weighted by molar-refractivity contribution is -0.167. The van der Waals surface area contributed by atoms with E-state index in [2.05, 4.69) is 11.9 Å². The van der Waals surface area contributed by atoms with E-state index in [1.54, 1.807) is 0 Å². The molecule has 3 rings (SSSR count). The van der Waals surface area contributed by atoms with E-state index in [1.807, 2.05) is 30.3 Å². The summed E-state index contributed by atoms with van der Waals surface area (Å²) in [7, 11) is 0. The number of aliphatic carboxylic acids is 1. The fraction of sp³-hybridized carbons (Fsp3) is 0.500. The Morgan fingerprint density at radius 2 is 1.74 bits per heavy atom. The molecule has 35 heavy (non-hydrogen) atoms. The van der Waals surface area contributed by atoms with Gasteiger partial charge in [-0.3, -0.25) is 4.79 Å². The number of carbonyl (C=O) groups is 4. The summed E-state index contributed by atoms with van der Waals surface area (Å²) in [5, 5.41) is 12.4. The number of nitrogens with zero attached hydrogens (tertiary/aromatic N) is 3. The topological polar surface area (TPSA) is 146 Å². The average Bonchev–Trinajstić information content (AvgIpc) is 2.84. The number of nitrogens with one attached hydrogen (secondary N) is 1. The monoisotopic (exact) mass is 487 g/mol. The Kier molecular flexibility index (Phi) is 8.93. The Labute approximate surface area is 204 Å². The number of rotatable bonds is 10. The van der Waals surface area contributed by atoms with Gasteiger partial charge in [-0.15, -0.1) is 0 Å². The lowest BCUT2D eigenvalue weighted by Gasteiger charge is -2.46. The number of hydrogen-bond donors (Lipinski definition) is 3. The number of carboxylic acids is 1. The molecule has 11 heteroatoms. The molecule has 2 saturated heterocycles. The summed E-state index contributed by atoms with van der Waals surface area (Å²) in [6.45, 7) is 5.16. The van der Waals surface area contributed by atoms with Crippen LogP contribution >= 0.6 is 0 Å². The summed E-state index contributed by atoms with van der Waals surface area (Å²) in [6, 6.07) is 8.10. The standard InChI is InChI=1S/C24H33N5O6/c1-17(25)26-11-5-10-19-20(22(31)32)29(21(19)30)23(33)27-12-14-28(15-13-27)24(34)35-16-6-9-18-7-3-2-4-8-18/h2-4,7-8,19-20,26H,1,5-6,9-16,25H2,(H,31,32)/t19-,20?/m1/s1. The summed E-state index contributed by atoms with van der Waals surface area (Å²) < 4.78 is 5.34. The van der Waals surface area contributed by atoms with Crippen LogP contribution in [0.2, 0.25) is 0 Å². The van der Waals surface area contributed by atoms with Gasteiger partial charge in [0.25, 0.3) is 0 Å². The molecular weight excluding hydrogens is 454 g/mol. The van der Waals surface area contributed by atoms with Gasteiger partial charge in [0, 0.05) is 32.7 Å². The van der Waals surface area contributed by atoms with Crippen molar-refractivity contribution in [2.24, 2.45) is 11.7 Å². The van der Waals surface area contributed by atoms with Gasteiger partial charge in [-0.1, -0.05) is 36.9 Å². The fourth-order valence-electron chi connectivity index (χ4n) is 4.30. The molecular formula is C24H33N5O6. The minimum Gasteiger partial charge on any atom is -0.480 e. The van der Waals surface area contributed by atoms with Crippen molar-refractivity contribution in [3.05, 3.63) is 48.3 Å². The molecule has 1 aromatic carbocycles. The largest absolute Gasteiger partial charge is 0.480 e. The number of hydrogen-bond acceptors (Lipinski definition) is 7. The number of carboxylic acid groups (broad SMARTS) is 1. The number of benzene rings is 1. The summed E-state index contributed by atoms with van der Waals surface area (Å²) >= 11 is 0. The highest BCUT2D eigenvalue weighted by molar-refractivity contribution is 6.07. The first-order chi connectivity index (χ1) is 16.8. The molecule has 0 spiro atoms. The molecule has 1 aromatic rings. The van der Waals surface area contributed by atoms with E-state index < -0.39 is 36.0 Å². The Balaban J connectivity index is 1.41. The van der Waals surface area contributed by atoms with Crippen molar-refractivity contribution in [2.45, 2.75) is 31.7 Å². The Bertz CT molecular complexity index is 932. The van der Waals surface area contributed by atoms with Gasteiger partial charge in [-0.05, 0) is 31.2 Å². The predicted molar refractivity (Wildman–Crippen MR) is 127 cm³/mol. The molecule has 0 aliphatic carbocycles. The quantitative estimate of drug-likeness (QED) is 0.330. The number of β-lactam (4-membered cyclic amide) rings is 1. The molecule has 0 bridgehead atoms. The van der Waals surface area contributed by atoms with Crippen LogP contribution in [-0.2, 0) is 20.7 Å². The van der Waals surface area contributed by atoms with Crippen LogP contribution < -0.4 is 11.1 Å². The molecule has 0 radical (unpaired) electrons. The van der Waals surface area contributed by atoms with E-state index in [0.717, 1.165) is 11.3 Å². The number of urea groups is 1. The number of carbonyl (C=O) groups excluding carboxylic acids is 3. The zero-order chi connectivity index (χ0) is 25.4. The molecule has 4 N–H and O–H groups in total. The third kappa shape index (κ3) is 6.65. The third-order valence-corrected chi connectivity index (χ3v) is 6.20. The molecule has 2 aliphatic heterocycles. The van der Waals surface area contributed by atoms with E-state index in [-0.39, 0.29) is 26.2 Å². The molecule has 190 valence electrons. The molecule has 4 amide bonds. The lowest BCUT2D eigenvalue weighted by Crippen LogP contribution is -2.69. The maximum Gasteiger partial charge on any atom is 0.409 e. The first kappa shape index (κ1) is 25.9. The van der Waals surface area contributed by atoms with Crippen LogP contribution in [0.3, 0.4) is 0 Å². The van der Waals surface area contributed by atoms with Crippen molar-refractivity contribution in [1.29, 1.82) is 0 Å². The molecule has 2 atom stereocenters. The van der Waals surface area contributed by atoms with Crippen LogP contribution in [0.1, 0.15) is 24.8 Å². The molecule has 2 fully saturated rings. The number of imide groups is 1. The van der Waals surface area contributed by atoms with Gasteiger partial charge in [0.05, 0.1) is 18.3 Å². The first-order valence-electron chi connectivity index (χ1n) is 11.8. The van der Waals surface area contributed by atoms with Crippen molar-refractivity contribution in [2.75, 3.05) is 39.3 Å². The van der Waals surface area contributed by atoms with Crippen molar-refractivity contribution >= 4 is 24.0 Å². The summed E-state index contributed by atoms with van der Waals surface area (Å²) in [6.07, 6.45) is 1.92. The van der Waals surface area contributed by atoms with E-state index in [4.69, 9.17) is 10.5 Å². The molecule has 2 heterocycles. The Hall–Kier alpha value is -3.76. The molecule has 0 aromatic heterocycles. The molecule has 0 saturated carbocycles. The maximum absolute atomic E-state index is 12.9. The number of amides is 4. The Morgan fingerprint density at radius 1 is 1.09 bits per heavy atom. The van der Waals surface area contributed by atoms with Gasteiger partial charge in [-0.25, -0.2) is 19.3 Å². The van der Waals surface area contributed by atoms with E-state index in [9.17, 15) is 24.3 Å². The van der Waals surface area contributed by atoms with Gasteiger partial charge in [0.15, 0.2) is 6.04 Å². The third-order valence-electron chi connectivity index (χ3n) is 6.20. The van der Waals surface area contributed by atoms with Crippen molar-refractivity contribution in [3.63, 3.8) is 0 Å². The molecule has 1 unspecified atom stereocenters. The SMILES string of the molecule is C=C(N)NCCC[C@H]1C(=O)N(C(=O)N2CCN(C(=O)OCCCc3ccccc3)CC2)C1C(=O)O. The normalized spacial score (nSPS) is 19.7. The second-order valence-corrected chi connectivity index (χ2v) is 8.65.